The van der Waals surface area contributed by atoms with Gasteiger partial charge < -0.3 is 25.2 Å². The molecule has 2 heterocycles. The smallest absolute Gasteiger partial charge is 0.225 e. The standard InChI is InChI=1S/C24H32FN5O3/c1-6-7-10-24(3,15(2)31)30-22-21-19(11-17(25)14-26-21)28-23(29-22)27-13-16-8-9-18(32-4)12-20(16)33-5/h8-9,11-12,14-15,31H,6-7,10,13H2,1-5H3,(H2,27,28,29,30)/t15-,24-/m1/s1. The van der Waals surface area contributed by atoms with Crippen LogP contribution in [0.4, 0.5) is 16.2 Å². The van der Waals surface area contributed by atoms with Crippen LogP contribution in [0.2, 0.25) is 0 Å². The lowest BCUT2D eigenvalue weighted by molar-refractivity contribution is 0.116. The Kier molecular flexibility index (Phi) is 7.86. The zero-order valence-corrected chi connectivity index (χ0v) is 19.8. The van der Waals surface area contributed by atoms with Gasteiger partial charge in [-0.15, -0.1) is 0 Å². The Balaban J connectivity index is 1.95. The van der Waals surface area contributed by atoms with Gasteiger partial charge in [-0.2, -0.15) is 4.98 Å². The molecule has 0 saturated carbocycles. The zero-order chi connectivity index (χ0) is 24.0. The summed E-state index contributed by atoms with van der Waals surface area (Å²) < 4.78 is 24.6. The first kappa shape index (κ1) is 24.4. The summed E-state index contributed by atoms with van der Waals surface area (Å²) in [5, 5.41) is 17.0. The Hall–Kier alpha value is -3.20. The molecule has 0 amide bonds. The molecule has 3 N–H and O–H groups in total. The zero-order valence-electron chi connectivity index (χ0n) is 19.8. The molecule has 178 valence electrons. The van der Waals surface area contributed by atoms with Gasteiger partial charge in [0, 0.05) is 24.2 Å². The Bertz CT molecular complexity index is 1100. The number of aliphatic hydroxyl groups is 1. The number of fused-ring (bicyclic) bond motifs is 1. The number of hydrogen-bond donors (Lipinski definition) is 3. The topological polar surface area (TPSA) is 101 Å². The van der Waals surface area contributed by atoms with Crippen molar-refractivity contribution in [3.05, 3.63) is 41.8 Å². The third-order valence-electron chi connectivity index (χ3n) is 5.81. The van der Waals surface area contributed by atoms with Crippen molar-refractivity contribution in [2.45, 2.75) is 58.2 Å². The van der Waals surface area contributed by atoms with Crippen LogP contribution in [-0.4, -0.2) is 45.9 Å². The van der Waals surface area contributed by atoms with E-state index < -0.39 is 17.5 Å². The van der Waals surface area contributed by atoms with E-state index in [0.717, 1.165) is 31.0 Å². The highest BCUT2D eigenvalue weighted by Crippen LogP contribution is 2.29. The van der Waals surface area contributed by atoms with Crippen LogP contribution in [0, 0.1) is 5.82 Å². The highest BCUT2D eigenvalue weighted by molar-refractivity contribution is 5.86. The minimum atomic E-state index is -0.644. The van der Waals surface area contributed by atoms with Gasteiger partial charge in [-0.05, 0) is 32.4 Å². The average molecular weight is 458 g/mol. The second kappa shape index (κ2) is 10.6. The van der Waals surface area contributed by atoms with Crippen molar-refractivity contribution in [2.75, 3.05) is 24.9 Å². The Morgan fingerprint density at radius 1 is 1.18 bits per heavy atom. The quantitative estimate of drug-likeness (QED) is 0.386. The number of anilines is 2. The number of nitrogens with one attached hydrogen (secondary N) is 2. The fraction of sp³-hybridized carbons (Fsp3) is 0.458. The highest BCUT2D eigenvalue weighted by atomic mass is 19.1. The highest BCUT2D eigenvalue weighted by Gasteiger charge is 2.31. The van der Waals surface area contributed by atoms with Crippen LogP contribution in [0.3, 0.4) is 0 Å². The van der Waals surface area contributed by atoms with Crippen LogP contribution in [0.25, 0.3) is 11.0 Å². The third-order valence-corrected chi connectivity index (χ3v) is 5.81. The van der Waals surface area contributed by atoms with Crippen molar-refractivity contribution < 1.29 is 19.0 Å². The van der Waals surface area contributed by atoms with Gasteiger partial charge in [0.25, 0.3) is 0 Å². The number of ether oxygens (including phenoxy) is 2. The number of rotatable bonds is 11. The molecule has 0 aliphatic carbocycles. The fourth-order valence-corrected chi connectivity index (χ4v) is 3.52. The van der Waals surface area contributed by atoms with E-state index in [1.165, 1.54) is 6.07 Å². The average Bonchev–Trinajstić information content (AvgIpc) is 2.80. The van der Waals surface area contributed by atoms with Crippen molar-refractivity contribution in [3.63, 3.8) is 0 Å². The van der Waals surface area contributed by atoms with Crippen LogP contribution in [0.1, 0.15) is 45.6 Å². The molecule has 0 spiro atoms. The number of nitrogens with zero attached hydrogens (tertiary/aromatic N) is 3. The van der Waals surface area contributed by atoms with E-state index in [0.29, 0.717) is 40.8 Å². The maximum Gasteiger partial charge on any atom is 0.225 e. The van der Waals surface area contributed by atoms with Gasteiger partial charge in [-0.25, -0.2) is 14.4 Å². The van der Waals surface area contributed by atoms with Crippen molar-refractivity contribution in [1.82, 2.24) is 15.0 Å². The molecule has 2 aromatic heterocycles. The van der Waals surface area contributed by atoms with E-state index in [2.05, 4.69) is 32.5 Å². The number of aliphatic hydroxyl groups excluding tert-OH is 1. The second-order valence-corrected chi connectivity index (χ2v) is 8.27. The maximum atomic E-state index is 13.9. The van der Waals surface area contributed by atoms with Crippen LogP contribution in [0.15, 0.2) is 30.5 Å². The van der Waals surface area contributed by atoms with E-state index in [1.54, 1.807) is 27.2 Å². The predicted octanol–water partition coefficient (Wildman–Crippen LogP) is 4.53. The molecule has 3 aromatic rings. The summed E-state index contributed by atoms with van der Waals surface area (Å²) in [5.74, 6) is 1.60. The first-order valence-corrected chi connectivity index (χ1v) is 11.0. The first-order valence-electron chi connectivity index (χ1n) is 11.0. The van der Waals surface area contributed by atoms with E-state index >= 15 is 0 Å². The van der Waals surface area contributed by atoms with E-state index in [9.17, 15) is 9.50 Å². The maximum absolute atomic E-state index is 13.9. The predicted molar refractivity (Wildman–Crippen MR) is 127 cm³/mol. The Morgan fingerprint density at radius 2 is 1.97 bits per heavy atom. The third kappa shape index (κ3) is 5.78. The molecule has 33 heavy (non-hydrogen) atoms. The molecule has 0 radical (unpaired) electrons. The van der Waals surface area contributed by atoms with Gasteiger partial charge in [0.15, 0.2) is 5.82 Å². The number of halogens is 1. The summed E-state index contributed by atoms with van der Waals surface area (Å²) >= 11 is 0. The summed E-state index contributed by atoms with van der Waals surface area (Å²) in [6.45, 7) is 6.17. The molecule has 9 heteroatoms. The number of pyridine rings is 1. The molecule has 0 aliphatic rings. The number of unbranched alkanes of at least 4 members (excludes halogenated alkanes) is 1. The normalized spacial score (nSPS) is 13.9. The second-order valence-electron chi connectivity index (χ2n) is 8.27. The molecule has 0 aliphatic heterocycles. The molecule has 3 rings (SSSR count). The number of benzene rings is 1. The number of hydrogen-bond acceptors (Lipinski definition) is 8. The van der Waals surface area contributed by atoms with Crippen LogP contribution >= 0.6 is 0 Å². The van der Waals surface area contributed by atoms with Crippen LogP contribution in [-0.2, 0) is 6.54 Å². The van der Waals surface area contributed by atoms with Crippen molar-refractivity contribution in [3.8, 4) is 11.5 Å². The van der Waals surface area contributed by atoms with Gasteiger partial charge in [-0.1, -0.05) is 19.8 Å². The molecule has 0 saturated heterocycles. The lowest BCUT2D eigenvalue weighted by atomic mass is 9.89. The summed E-state index contributed by atoms with van der Waals surface area (Å²) in [7, 11) is 3.19. The van der Waals surface area contributed by atoms with E-state index in [4.69, 9.17) is 9.47 Å². The Labute approximate surface area is 193 Å². The molecule has 0 bridgehead atoms. The first-order chi connectivity index (χ1) is 15.8. The summed E-state index contributed by atoms with van der Waals surface area (Å²) in [5.41, 5.74) is 1.04. The van der Waals surface area contributed by atoms with Crippen LogP contribution in [0.5, 0.6) is 11.5 Å². The lowest BCUT2D eigenvalue weighted by Gasteiger charge is -2.34. The number of methoxy groups -OCH3 is 2. The molecular formula is C24H32FN5O3. The fourth-order valence-electron chi connectivity index (χ4n) is 3.52. The van der Waals surface area contributed by atoms with E-state index in [-0.39, 0.29) is 0 Å². The SMILES string of the molecule is CCCC[C@@](C)(Nc1nc(NCc2ccc(OC)cc2OC)nc2cc(F)cnc12)[C@@H](C)O. The van der Waals surface area contributed by atoms with Gasteiger partial charge in [0.05, 0.1) is 37.6 Å². The largest absolute Gasteiger partial charge is 0.497 e. The molecule has 0 unspecified atom stereocenters. The van der Waals surface area contributed by atoms with Gasteiger partial charge >= 0.3 is 0 Å². The monoisotopic (exact) mass is 457 g/mol. The lowest BCUT2D eigenvalue weighted by Crippen LogP contribution is -2.45. The molecular weight excluding hydrogens is 425 g/mol. The van der Waals surface area contributed by atoms with Gasteiger partial charge in [-0.3, -0.25) is 0 Å². The van der Waals surface area contributed by atoms with Crippen molar-refractivity contribution in [2.24, 2.45) is 0 Å². The molecule has 0 fully saturated rings. The molecule has 1 aromatic carbocycles. The number of aromatic nitrogens is 3. The van der Waals surface area contributed by atoms with Crippen molar-refractivity contribution >= 4 is 22.8 Å². The summed E-state index contributed by atoms with van der Waals surface area (Å²) in [6.07, 6.45) is 3.16. The van der Waals surface area contributed by atoms with Gasteiger partial charge in [0.2, 0.25) is 5.95 Å². The van der Waals surface area contributed by atoms with E-state index in [1.807, 2.05) is 19.1 Å². The minimum absolute atomic E-state index is 0.304. The van der Waals surface area contributed by atoms with Crippen molar-refractivity contribution in [1.29, 1.82) is 0 Å². The summed E-state index contributed by atoms with van der Waals surface area (Å²) in [6, 6.07) is 6.85. The van der Waals surface area contributed by atoms with Gasteiger partial charge in [0.1, 0.15) is 22.8 Å². The Morgan fingerprint density at radius 3 is 2.64 bits per heavy atom. The summed E-state index contributed by atoms with van der Waals surface area (Å²) in [4.78, 5) is 13.3. The molecule has 2 atom stereocenters. The molecule has 8 nitrogen and oxygen atoms in total. The minimum Gasteiger partial charge on any atom is -0.497 e. The van der Waals surface area contributed by atoms with Crippen LogP contribution < -0.4 is 20.1 Å².